The molecule has 7 heteroatoms. The van der Waals surface area contributed by atoms with Crippen LogP contribution in [-0.4, -0.2) is 22.2 Å². The van der Waals surface area contributed by atoms with Gasteiger partial charge < -0.3 is 9.73 Å². The third-order valence-corrected chi connectivity index (χ3v) is 1.94. The molecule has 0 aliphatic carbocycles. The molecule has 0 spiro atoms. The number of benzene rings is 1. The molecular weight excluding hydrogens is 212 g/mol. The molecule has 0 amide bonds. The number of hydrogen-bond donors (Lipinski definition) is 1. The maximum atomic E-state index is 10.6. The fourth-order valence-electron chi connectivity index (χ4n) is 1.19. The molecule has 1 aromatic carbocycles. The lowest BCUT2D eigenvalue weighted by molar-refractivity contribution is -0.384. The molecule has 0 atom stereocenters. The normalized spacial score (nSPS) is 10.1. The monoisotopic (exact) mass is 220 g/mol. The summed E-state index contributed by atoms with van der Waals surface area (Å²) >= 11 is 0. The van der Waals surface area contributed by atoms with Gasteiger partial charge in [-0.05, 0) is 6.07 Å². The third kappa shape index (κ3) is 1.83. The highest BCUT2D eigenvalue weighted by molar-refractivity contribution is 5.57. The molecule has 0 saturated heterocycles. The van der Waals surface area contributed by atoms with Crippen LogP contribution in [0, 0.1) is 10.1 Å². The zero-order valence-electron chi connectivity index (χ0n) is 8.38. The lowest BCUT2D eigenvalue weighted by Crippen LogP contribution is -1.88. The maximum absolute atomic E-state index is 10.6. The van der Waals surface area contributed by atoms with Gasteiger partial charge in [-0.2, -0.15) is 0 Å². The van der Waals surface area contributed by atoms with Crippen LogP contribution >= 0.6 is 0 Å². The van der Waals surface area contributed by atoms with Crippen LogP contribution < -0.4 is 5.32 Å². The summed E-state index contributed by atoms with van der Waals surface area (Å²) in [5.41, 5.74) is 0.505. The molecule has 0 fully saturated rings. The Labute approximate surface area is 90.3 Å². The topological polar surface area (TPSA) is 94.1 Å². The highest BCUT2D eigenvalue weighted by Crippen LogP contribution is 2.23. The molecule has 1 N–H and O–H groups in total. The molecule has 2 rings (SSSR count). The van der Waals surface area contributed by atoms with Gasteiger partial charge in [0.25, 0.3) is 5.69 Å². The average Bonchev–Trinajstić information content (AvgIpc) is 2.77. The van der Waals surface area contributed by atoms with Gasteiger partial charge in [-0.25, -0.2) is 0 Å². The Morgan fingerprint density at radius 3 is 2.88 bits per heavy atom. The second-order valence-electron chi connectivity index (χ2n) is 2.97. The van der Waals surface area contributed by atoms with Gasteiger partial charge in [-0.15, -0.1) is 5.10 Å². The fraction of sp³-hybridized carbons (Fsp3) is 0.111. The minimum atomic E-state index is -0.473. The Morgan fingerprint density at radius 2 is 2.25 bits per heavy atom. The summed E-state index contributed by atoms with van der Waals surface area (Å²) in [6.45, 7) is 0. The number of non-ortho nitro benzene ring substituents is 1. The third-order valence-electron chi connectivity index (χ3n) is 1.94. The first-order valence-corrected chi connectivity index (χ1v) is 4.47. The number of rotatable bonds is 3. The van der Waals surface area contributed by atoms with Crippen LogP contribution in [0.15, 0.2) is 28.7 Å². The van der Waals surface area contributed by atoms with Crippen molar-refractivity contribution >= 4 is 11.7 Å². The highest BCUT2D eigenvalue weighted by Gasteiger charge is 2.11. The molecule has 16 heavy (non-hydrogen) atoms. The number of nitro benzene ring substituents is 1. The highest BCUT2D eigenvalue weighted by atomic mass is 16.6. The summed E-state index contributed by atoms with van der Waals surface area (Å²) in [5.74, 6) is 0.244. The molecule has 2 aromatic rings. The predicted octanol–water partition coefficient (Wildman–Crippen LogP) is 1.69. The Hall–Kier alpha value is -2.44. The van der Waals surface area contributed by atoms with Crippen LogP contribution in [0.2, 0.25) is 0 Å². The SMILES string of the molecule is CNc1nnc(-c2cccc([N+](=O)[O-])c2)o1. The molecular formula is C9H8N4O3. The van der Waals surface area contributed by atoms with Crippen molar-refractivity contribution in [2.75, 3.05) is 12.4 Å². The van der Waals surface area contributed by atoms with Crippen LogP contribution in [0.25, 0.3) is 11.5 Å². The second-order valence-corrected chi connectivity index (χ2v) is 2.97. The van der Waals surface area contributed by atoms with E-state index < -0.39 is 4.92 Å². The van der Waals surface area contributed by atoms with Crippen LogP contribution in [0.4, 0.5) is 11.7 Å². The van der Waals surface area contributed by atoms with Gasteiger partial charge in [0.05, 0.1) is 4.92 Å². The van der Waals surface area contributed by atoms with Gasteiger partial charge in [0.2, 0.25) is 5.89 Å². The first-order valence-electron chi connectivity index (χ1n) is 4.47. The number of nitro groups is 1. The van der Waals surface area contributed by atoms with E-state index >= 15 is 0 Å². The summed E-state index contributed by atoms with van der Waals surface area (Å²) in [4.78, 5) is 10.1. The van der Waals surface area contributed by atoms with Crippen molar-refractivity contribution in [3.8, 4) is 11.5 Å². The van der Waals surface area contributed by atoms with Crippen molar-refractivity contribution in [3.05, 3.63) is 34.4 Å². The largest absolute Gasteiger partial charge is 0.403 e. The van der Waals surface area contributed by atoms with E-state index in [0.29, 0.717) is 5.56 Å². The predicted molar refractivity (Wildman–Crippen MR) is 55.9 cm³/mol. The van der Waals surface area contributed by atoms with Crippen molar-refractivity contribution in [2.45, 2.75) is 0 Å². The van der Waals surface area contributed by atoms with Crippen LogP contribution in [0.3, 0.4) is 0 Å². The Bertz CT molecular complexity index is 523. The zero-order valence-corrected chi connectivity index (χ0v) is 8.38. The molecule has 82 valence electrons. The molecule has 0 aliphatic rings. The van der Waals surface area contributed by atoms with E-state index in [-0.39, 0.29) is 17.6 Å². The van der Waals surface area contributed by atoms with Crippen molar-refractivity contribution in [1.29, 1.82) is 0 Å². The van der Waals surface area contributed by atoms with Gasteiger partial charge in [-0.3, -0.25) is 10.1 Å². The van der Waals surface area contributed by atoms with Crippen LogP contribution in [0.5, 0.6) is 0 Å². The van der Waals surface area contributed by atoms with Gasteiger partial charge in [0.1, 0.15) is 0 Å². The van der Waals surface area contributed by atoms with E-state index in [1.807, 2.05) is 0 Å². The fourth-order valence-corrected chi connectivity index (χ4v) is 1.19. The average molecular weight is 220 g/mol. The zero-order chi connectivity index (χ0) is 11.5. The number of anilines is 1. The lowest BCUT2D eigenvalue weighted by atomic mass is 10.2. The number of nitrogens with one attached hydrogen (secondary N) is 1. The molecule has 1 aromatic heterocycles. The van der Waals surface area contributed by atoms with Crippen molar-refractivity contribution < 1.29 is 9.34 Å². The van der Waals surface area contributed by atoms with Crippen molar-refractivity contribution in [1.82, 2.24) is 10.2 Å². The summed E-state index contributed by atoms with van der Waals surface area (Å²) in [7, 11) is 1.64. The first-order chi connectivity index (χ1) is 7.70. The Kier molecular flexibility index (Phi) is 2.50. The number of hydrogen-bond acceptors (Lipinski definition) is 6. The van der Waals surface area contributed by atoms with Crippen molar-refractivity contribution in [3.63, 3.8) is 0 Å². The smallest absolute Gasteiger partial charge is 0.315 e. The standard InChI is InChI=1S/C9H8N4O3/c1-10-9-12-11-8(16-9)6-3-2-4-7(5-6)13(14)15/h2-5H,1H3,(H,10,12). The second kappa shape index (κ2) is 3.97. The molecule has 7 nitrogen and oxygen atoms in total. The Morgan fingerprint density at radius 1 is 1.44 bits per heavy atom. The summed E-state index contributed by atoms with van der Waals surface area (Å²) in [6, 6.07) is 6.28. The Balaban J connectivity index is 2.40. The maximum Gasteiger partial charge on any atom is 0.315 e. The molecule has 0 aliphatic heterocycles. The van der Waals surface area contributed by atoms with Crippen LogP contribution in [-0.2, 0) is 0 Å². The van der Waals surface area contributed by atoms with E-state index in [1.54, 1.807) is 19.2 Å². The first kappa shape index (κ1) is 10.1. The van der Waals surface area contributed by atoms with Crippen molar-refractivity contribution in [2.24, 2.45) is 0 Å². The minimum absolute atomic E-state index is 0.0123. The van der Waals surface area contributed by atoms with E-state index in [2.05, 4.69) is 15.5 Å². The number of nitrogens with zero attached hydrogens (tertiary/aromatic N) is 3. The summed E-state index contributed by atoms with van der Waals surface area (Å²) in [5, 5.41) is 20.7. The molecule has 0 saturated carbocycles. The molecule has 1 heterocycles. The van der Waals surface area contributed by atoms with Gasteiger partial charge in [0.15, 0.2) is 0 Å². The van der Waals surface area contributed by atoms with Gasteiger partial charge in [0, 0.05) is 24.7 Å². The molecule has 0 bridgehead atoms. The minimum Gasteiger partial charge on any atom is -0.403 e. The van der Waals surface area contributed by atoms with E-state index in [1.165, 1.54) is 12.1 Å². The summed E-state index contributed by atoms with van der Waals surface area (Å²) in [6.07, 6.45) is 0. The van der Waals surface area contributed by atoms with E-state index in [0.717, 1.165) is 0 Å². The molecule has 0 radical (unpaired) electrons. The van der Waals surface area contributed by atoms with Crippen LogP contribution in [0.1, 0.15) is 0 Å². The van der Waals surface area contributed by atoms with Gasteiger partial charge in [-0.1, -0.05) is 11.2 Å². The van der Waals surface area contributed by atoms with E-state index in [9.17, 15) is 10.1 Å². The quantitative estimate of drug-likeness (QED) is 0.624. The molecule has 0 unspecified atom stereocenters. The summed E-state index contributed by atoms with van der Waals surface area (Å²) < 4.78 is 5.20. The van der Waals surface area contributed by atoms with E-state index in [4.69, 9.17) is 4.42 Å². The lowest BCUT2D eigenvalue weighted by Gasteiger charge is -1.94. The number of aromatic nitrogens is 2. The van der Waals surface area contributed by atoms with Gasteiger partial charge >= 0.3 is 6.01 Å².